The van der Waals surface area contributed by atoms with Crippen molar-refractivity contribution in [3.05, 3.63) is 70.2 Å². The number of amides is 2. The van der Waals surface area contributed by atoms with E-state index in [0.717, 1.165) is 5.56 Å². The summed E-state index contributed by atoms with van der Waals surface area (Å²) < 4.78 is 5.26. The Morgan fingerprint density at radius 3 is 2.07 bits per heavy atom. The highest BCUT2D eigenvalue weighted by atomic mass is 35.5. The van der Waals surface area contributed by atoms with Gasteiger partial charge in [-0.3, -0.25) is 4.79 Å². The van der Waals surface area contributed by atoms with E-state index in [2.05, 4.69) is 10.6 Å². The molecule has 2 aromatic carbocycles. The minimum Gasteiger partial charge on any atom is -0.451 e. The summed E-state index contributed by atoms with van der Waals surface area (Å²) in [6.07, 6.45) is -0.922. The Kier molecular flexibility index (Phi) is 7.58. The quantitative estimate of drug-likeness (QED) is 0.542. The molecule has 0 saturated heterocycles. The fourth-order valence-electron chi connectivity index (χ4n) is 2.39. The first-order valence-corrected chi connectivity index (χ1v) is 9.28. The Hall–Kier alpha value is -2.86. The van der Waals surface area contributed by atoms with Crippen LogP contribution in [0.15, 0.2) is 48.5 Å². The zero-order valence-corrected chi connectivity index (χ0v) is 16.7. The zero-order valence-electron chi connectivity index (χ0n) is 16.0. The molecule has 0 heterocycles. The van der Waals surface area contributed by atoms with Crippen LogP contribution in [0.2, 0.25) is 5.02 Å². The Balaban J connectivity index is 1.90. The molecule has 2 amide bonds. The van der Waals surface area contributed by atoms with E-state index in [1.54, 1.807) is 48.5 Å². The van der Waals surface area contributed by atoms with E-state index in [0.29, 0.717) is 22.7 Å². The van der Waals surface area contributed by atoms with Gasteiger partial charge >= 0.3 is 12.0 Å². The van der Waals surface area contributed by atoms with Crippen LogP contribution < -0.4 is 10.6 Å². The minimum atomic E-state index is -0.922. The number of hydrogen-bond acceptors (Lipinski definition) is 4. The number of ketones is 1. The molecule has 0 aliphatic rings. The maximum Gasteiger partial charge on any atom is 0.338 e. The number of urea groups is 1. The number of carbonyl (C=O) groups is 3. The molecule has 0 fully saturated rings. The molecule has 6 nitrogen and oxygen atoms in total. The number of benzene rings is 2. The van der Waals surface area contributed by atoms with Crippen LogP contribution in [0.1, 0.15) is 47.1 Å². The molecule has 0 bridgehead atoms. The highest BCUT2D eigenvalue weighted by molar-refractivity contribution is 6.30. The van der Waals surface area contributed by atoms with Crippen LogP contribution >= 0.6 is 11.6 Å². The second-order valence-corrected chi connectivity index (χ2v) is 7.03. The number of hydrogen-bond donors (Lipinski definition) is 2. The maximum atomic E-state index is 12.3. The summed E-state index contributed by atoms with van der Waals surface area (Å²) in [5.41, 5.74) is 1.58. The number of rotatable bonds is 7. The smallest absolute Gasteiger partial charge is 0.338 e. The van der Waals surface area contributed by atoms with Gasteiger partial charge in [0.25, 0.3) is 0 Å². The van der Waals surface area contributed by atoms with Gasteiger partial charge in [0.2, 0.25) is 5.78 Å². The first-order valence-electron chi connectivity index (χ1n) is 8.90. The lowest BCUT2D eigenvalue weighted by Crippen LogP contribution is -2.39. The number of esters is 1. The average molecular weight is 403 g/mol. The molecular formula is C21H23ClN2O4. The van der Waals surface area contributed by atoms with Crippen LogP contribution in [-0.2, 0) is 11.3 Å². The summed E-state index contributed by atoms with van der Waals surface area (Å²) in [6, 6.07) is 12.8. The molecule has 1 atom stereocenters. The second kappa shape index (κ2) is 9.90. The molecule has 0 aliphatic heterocycles. The molecule has 0 radical (unpaired) electrons. The highest BCUT2D eigenvalue weighted by Gasteiger charge is 2.20. The van der Waals surface area contributed by atoms with Gasteiger partial charge in [-0.2, -0.15) is 0 Å². The molecule has 148 valence electrons. The summed E-state index contributed by atoms with van der Waals surface area (Å²) >= 11 is 5.81. The lowest BCUT2D eigenvalue weighted by Gasteiger charge is -2.13. The SMILES string of the molecule is CC(C)NC(=O)NCc1ccc(C(=O)O[C@@H](C)C(=O)c2ccc(Cl)cc2)cc1. The van der Waals surface area contributed by atoms with Crippen molar-refractivity contribution in [2.75, 3.05) is 0 Å². The van der Waals surface area contributed by atoms with Gasteiger partial charge in [-0.1, -0.05) is 23.7 Å². The van der Waals surface area contributed by atoms with Crippen molar-refractivity contribution >= 4 is 29.4 Å². The molecule has 2 rings (SSSR count). The van der Waals surface area contributed by atoms with Gasteiger partial charge in [0.15, 0.2) is 6.10 Å². The third-order valence-corrected chi connectivity index (χ3v) is 4.10. The molecule has 7 heteroatoms. The molecule has 0 saturated carbocycles. The van der Waals surface area contributed by atoms with Gasteiger partial charge in [-0.15, -0.1) is 0 Å². The highest BCUT2D eigenvalue weighted by Crippen LogP contribution is 2.14. The monoisotopic (exact) mass is 402 g/mol. The summed E-state index contributed by atoms with van der Waals surface area (Å²) in [6.45, 7) is 5.61. The molecule has 0 spiro atoms. The van der Waals surface area contributed by atoms with Crippen molar-refractivity contribution < 1.29 is 19.1 Å². The number of nitrogens with one attached hydrogen (secondary N) is 2. The van der Waals surface area contributed by atoms with Gasteiger partial charge in [0, 0.05) is 23.2 Å². The minimum absolute atomic E-state index is 0.0507. The van der Waals surface area contributed by atoms with Crippen molar-refractivity contribution in [2.24, 2.45) is 0 Å². The average Bonchev–Trinajstić information content (AvgIpc) is 2.66. The molecule has 0 aliphatic carbocycles. The van der Waals surface area contributed by atoms with Gasteiger partial charge in [0.1, 0.15) is 0 Å². The lowest BCUT2D eigenvalue weighted by atomic mass is 10.1. The van der Waals surface area contributed by atoms with E-state index >= 15 is 0 Å². The molecule has 2 aromatic rings. The van der Waals surface area contributed by atoms with Crippen molar-refractivity contribution in [3.8, 4) is 0 Å². The van der Waals surface area contributed by atoms with E-state index in [1.165, 1.54) is 6.92 Å². The van der Waals surface area contributed by atoms with Gasteiger partial charge < -0.3 is 15.4 Å². The van der Waals surface area contributed by atoms with Crippen molar-refractivity contribution in [1.29, 1.82) is 0 Å². The van der Waals surface area contributed by atoms with Crippen LogP contribution in [0.4, 0.5) is 4.79 Å². The predicted octanol–water partition coefficient (Wildman–Crippen LogP) is 3.98. The molecular weight excluding hydrogens is 380 g/mol. The van der Waals surface area contributed by atoms with E-state index in [-0.39, 0.29) is 17.9 Å². The summed E-state index contributed by atoms with van der Waals surface area (Å²) in [5, 5.41) is 5.98. The number of carbonyl (C=O) groups excluding carboxylic acids is 3. The maximum absolute atomic E-state index is 12.3. The van der Waals surface area contributed by atoms with E-state index in [4.69, 9.17) is 16.3 Å². The molecule has 0 aromatic heterocycles. The molecule has 28 heavy (non-hydrogen) atoms. The Morgan fingerprint density at radius 2 is 1.50 bits per heavy atom. The number of halogens is 1. The van der Waals surface area contributed by atoms with E-state index in [1.807, 2.05) is 13.8 Å². The molecule has 0 unspecified atom stereocenters. The van der Waals surface area contributed by atoms with Crippen molar-refractivity contribution in [3.63, 3.8) is 0 Å². The van der Waals surface area contributed by atoms with Crippen molar-refractivity contribution in [1.82, 2.24) is 10.6 Å². The van der Waals surface area contributed by atoms with Gasteiger partial charge in [-0.25, -0.2) is 9.59 Å². The van der Waals surface area contributed by atoms with E-state index < -0.39 is 12.1 Å². The second-order valence-electron chi connectivity index (χ2n) is 6.60. The standard InChI is InChI=1S/C21H23ClN2O4/c1-13(2)24-21(27)23-12-15-4-6-17(7-5-15)20(26)28-14(3)19(25)16-8-10-18(22)11-9-16/h4-11,13-14H,12H2,1-3H3,(H2,23,24,27)/t14-/m0/s1. The van der Waals surface area contributed by atoms with Crippen LogP contribution in [0, 0.1) is 0 Å². The largest absolute Gasteiger partial charge is 0.451 e. The van der Waals surface area contributed by atoms with Crippen LogP contribution in [0.25, 0.3) is 0 Å². The van der Waals surface area contributed by atoms with Crippen molar-refractivity contribution in [2.45, 2.75) is 39.5 Å². The lowest BCUT2D eigenvalue weighted by molar-refractivity contribution is 0.0319. The zero-order chi connectivity index (χ0) is 20.7. The number of Topliss-reactive ketones (excluding diaryl/α,β-unsaturated/α-hetero) is 1. The topological polar surface area (TPSA) is 84.5 Å². The first kappa shape index (κ1) is 21.4. The van der Waals surface area contributed by atoms with Gasteiger partial charge in [0.05, 0.1) is 5.56 Å². The third kappa shape index (κ3) is 6.39. The summed E-state index contributed by atoms with van der Waals surface area (Å²) in [7, 11) is 0. The Labute approximate surface area is 169 Å². The third-order valence-electron chi connectivity index (χ3n) is 3.84. The van der Waals surface area contributed by atoms with Crippen LogP contribution in [-0.4, -0.2) is 29.9 Å². The first-order chi connectivity index (χ1) is 13.3. The molecule has 2 N–H and O–H groups in total. The van der Waals surface area contributed by atoms with Crippen LogP contribution in [0.5, 0.6) is 0 Å². The van der Waals surface area contributed by atoms with Gasteiger partial charge in [-0.05, 0) is 62.7 Å². The fourth-order valence-corrected chi connectivity index (χ4v) is 2.51. The Morgan fingerprint density at radius 1 is 0.929 bits per heavy atom. The summed E-state index contributed by atoms with van der Waals surface area (Å²) in [5.74, 6) is -0.895. The normalized spacial score (nSPS) is 11.6. The predicted molar refractivity (Wildman–Crippen MR) is 108 cm³/mol. The van der Waals surface area contributed by atoms with Crippen LogP contribution in [0.3, 0.4) is 0 Å². The fraction of sp³-hybridized carbons (Fsp3) is 0.286. The number of ether oxygens (including phenoxy) is 1. The summed E-state index contributed by atoms with van der Waals surface area (Å²) in [4.78, 5) is 36.2. The van der Waals surface area contributed by atoms with E-state index in [9.17, 15) is 14.4 Å². The Bertz CT molecular complexity index is 832.